The summed E-state index contributed by atoms with van der Waals surface area (Å²) in [5.41, 5.74) is 5.79. The lowest BCUT2D eigenvalue weighted by atomic mass is 9.81. The van der Waals surface area contributed by atoms with Crippen molar-refractivity contribution in [2.75, 3.05) is 0 Å². The van der Waals surface area contributed by atoms with Crippen LogP contribution in [0.5, 0.6) is 0 Å². The highest BCUT2D eigenvalue weighted by atomic mass is 14.7. The van der Waals surface area contributed by atoms with Crippen LogP contribution in [-0.2, 0) is 0 Å². The average Bonchev–Trinajstić information content (AvgIpc) is 2.62. The predicted molar refractivity (Wildman–Crippen MR) is 119 cm³/mol. The SMILES string of the molecule is C/C=C\CC[C@H](CCCC(CCC)C(=N)N)[C@@H](C)CCCCCCCC. The van der Waals surface area contributed by atoms with Gasteiger partial charge in [0, 0.05) is 5.92 Å². The lowest BCUT2D eigenvalue weighted by Gasteiger charge is -2.25. The lowest BCUT2D eigenvalue weighted by molar-refractivity contribution is 0.281. The van der Waals surface area contributed by atoms with Crippen LogP contribution < -0.4 is 5.73 Å². The molecule has 0 aliphatic heterocycles. The summed E-state index contributed by atoms with van der Waals surface area (Å²) in [7, 11) is 0. The van der Waals surface area contributed by atoms with E-state index in [-0.39, 0.29) is 0 Å². The number of hydrogen-bond donors (Lipinski definition) is 2. The van der Waals surface area contributed by atoms with Crippen molar-refractivity contribution in [2.45, 2.75) is 118 Å². The molecule has 0 amide bonds. The molecule has 0 saturated heterocycles. The first-order chi connectivity index (χ1) is 12.6. The van der Waals surface area contributed by atoms with E-state index in [9.17, 15) is 0 Å². The summed E-state index contributed by atoms with van der Waals surface area (Å²) >= 11 is 0. The van der Waals surface area contributed by atoms with Gasteiger partial charge in [-0.25, -0.2) is 0 Å². The van der Waals surface area contributed by atoms with E-state index < -0.39 is 0 Å². The van der Waals surface area contributed by atoms with E-state index in [1.165, 1.54) is 70.6 Å². The van der Waals surface area contributed by atoms with Crippen LogP contribution in [0.2, 0.25) is 0 Å². The van der Waals surface area contributed by atoms with E-state index in [0.717, 1.165) is 31.1 Å². The van der Waals surface area contributed by atoms with Crippen LogP contribution in [0, 0.1) is 23.2 Å². The zero-order valence-corrected chi connectivity index (χ0v) is 18.4. The molecule has 26 heavy (non-hydrogen) atoms. The molecule has 0 rings (SSSR count). The molecule has 154 valence electrons. The van der Waals surface area contributed by atoms with E-state index in [0.29, 0.717) is 11.8 Å². The minimum absolute atomic E-state index is 0.310. The fourth-order valence-corrected chi connectivity index (χ4v) is 4.10. The van der Waals surface area contributed by atoms with Gasteiger partial charge in [0.1, 0.15) is 0 Å². The Morgan fingerprint density at radius 3 is 2.15 bits per heavy atom. The maximum absolute atomic E-state index is 7.79. The zero-order valence-electron chi connectivity index (χ0n) is 18.4. The first-order valence-electron chi connectivity index (χ1n) is 11.5. The smallest absolute Gasteiger partial charge is 0.0936 e. The van der Waals surface area contributed by atoms with E-state index in [4.69, 9.17) is 11.1 Å². The Bertz CT molecular complexity index is 348. The van der Waals surface area contributed by atoms with Crippen LogP contribution in [0.25, 0.3) is 0 Å². The Balaban J connectivity index is 4.28. The third-order valence-electron chi connectivity index (χ3n) is 5.96. The fourth-order valence-electron chi connectivity index (χ4n) is 4.10. The number of nitrogens with one attached hydrogen (secondary N) is 1. The molecule has 1 unspecified atom stereocenters. The Labute approximate surface area is 164 Å². The maximum Gasteiger partial charge on any atom is 0.0936 e. The van der Waals surface area contributed by atoms with Crippen molar-refractivity contribution < 1.29 is 0 Å². The summed E-state index contributed by atoms with van der Waals surface area (Å²) in [6.45, 7) is 9.07. The van der Waals surface area contributed by atoms with E-state index in [2.05, 4.69) is 39.8 Å². The molecular formula is C24H48N2. The van der Waals surface area contributed by atoms with Crippen molar-refractivity contribution in [3.63, 3.8) is 0 Å². The van der Waals surface area contributed by atoms with Gasteiger partial charge in [-0.3, -0.25) is 5.41 Å². The zero-order chi connectivity index (χ0) is 19.6. The molecule has 0 spiro atoms. The highest BCUT2D eigenvalue weighted by Gasteiger charge is 2.18. The van der Waals surface area contributed by atoms with Gasteiger partial charge in [-0.2, -0.15) is 0 Å². The summed E-state index contributed by atoms with van der Waals surface area (Å²) in [5, 5.41) is 7.79. The second kappa shape index (κ2) is 17.6. The molecule has 0 saturated carbocycles. The molecule has 3 atom stereocenters. The summed E-state index contributed by atoms with van der Waals surface area (Å²) in [4.78, 5) is 0. The summed E-state index contributed by atoms with van der Waals surface area (Å²) < 4.78 is 0. The number of amidine groups is 1. The second-order valence-corrected chi connectivity index (χ2v) is 8.31. The minimum atomic E-state index is 0.310. The quantitative estimate of drug-likeness (QED) is 0.110. The van der Waals surface area contributed by atoms with Crippen molar-refractivity contribution in [1.29, 1.82) is 5.41 Å². The van der Waals surface area contributed by atoms with E-state index in [1.54, 1.807) is 0 Å². The van der Waals surface area contributed by atoms with Gasteiger partial charge in [0.2, 0.25) is 0 Å². The Morgan fingerprint density at radius 2 is 1.54 bits per heavy atom. The van der Waals surface area contributed by atoms with Gasteiger partial charge in [0.15, 0.2) is 0 Å². The fraction of sp³-hybridized carbons (Fsp3) is 0.875. The molecule has 0 aromatic rings. The van der Waals surface area contributed by atoms with Crippen LogP contribution in [0.4, 0.5) is 0 Å². The standard InChI is InChI=1S/C24H48N2/c1-5-8-10-11-12-14-17-21(4)22(18-13-9-6-2)19-15-20-23(16-7-3)24(25)26/h6,9,21-23H,5,7-8,10-20H2,1-4H3,(H3,25,26)/b9-6-/t21-,22+,23?/m0/s1. The van der Waals surface area contributed by atoms with Crippen molar-refractivity contribution in [3.8, 4) is 0 Å². The van der Waals surface area contributed by atoms with Gasteiger partial charge >= 0.3 is 0 Å². The molecule has 3 N–H and O–H groups in total. The van der Waals surface area contributed by atoms with Crippen molar-refractivity contribution in [2.24, 2.45) is 23.5 Å². The van der Waals surface area contributed by atoms with Crippen LogP contribution in [0.15, 0.2) is 12.2 Å². The van der Waals surface area contributed by atoms with Gasteiger partial charge in [0.05, 0.1) is 5.84 Å². The molecule has 0 aromatic carbocycles. The third-order valence-corrected chi connectivity index (χ3v) is 5.96. The normalized spacial score (nSPS) is 15.2. The van der Waals surface area contributed by atoms with Crippen LogP contribution in [-0.4, -0.2) is 5.84 Å². The monoisotopic (exact) mass is 364 g/mol. The third kappa shape index (κ3) is 13.4. The van der Waals surface area contributed by atoms with Gasteiger partial charge < -0.3 is 5.73 Å². The van der Waals surface area contributed by atoms with Gasteiger partial charge in [-0.15, -0.1) is 0 Å². The van der Waals surface area contributed by atoms with Crippen LogP contribution in [0.3, 0.4) is 0 Å². The van der Waals surface area contributed by atoms with Gasteiger partial charge in [-0.1, -0.05) is 97.1 Å². The molecule has 0 heterocycles. The number of nitrogens with two attached hydrogens (primary N) is 1. The van der Waals surface area contributed by atoms with Crippen LogP contribution in [0.1, 0.15) is 118 Å². The Kier molecular flexibility index (Phi) is 17.1. The highest BCUT2D eigenvalue weighted by molar-refractivity contribution is 5.79. The predicted octanol–water partition coefficient (Wildman–Crippen LogP) is 7.87. The number of unbranched alkanes of at least 4 members (excludes halogenated alkanes) is 5. The van der Waals surface area contributed by atoms with Crippen molar-refractivity contribution >= 4 is 5.84 Å². The molecular weight excluding hydrogens is 316 g/mol. The van der Waals surface area contributed by atoms with Crippen molar-refractivity contribution in [3.05, 3.63) is 12.2 Å². The number of allylic oxidation sites excluding steroid dienone is 2. The van der Waals surface area contributed by atoms with Crippen molar-refractivity contribution in [1.82, 2.24) is 0 Å². The van der Waals surface area contributed by atoms with Crippen LogP contribution >= 0.6 is 0 Å². The first-order valence-corrected chi connectivity index (χ1v) is 11.5. The van der Waals surface area contributed by atoms with Gasteiger partial charge in [0.25, 0.3) is 0 Å². The maximum atomic E-state index is 7.79. The Hall–Kier alpha value is -0.790. The number of rotatable bonds is 18. The molecule has 2 heteroatoms. The van der Waals surface area contributed by atoms with E-state index in [1.807, 2.05) is 0 Å². The molecule has 0 bridgehead atoms. The molecule has 0 aliphatic rings. The highest BCUT2D eigenvalue weighted by Crippen LogP contribution is 2.29. The molecule has 0 fully saturated rings. The average molecular weight is 365 g/mol. The molecule has 0 aliphatic carbocycles. The summed E-state index contributed by atoms with van der Waals surface area (Å²) in [6, 6.07) is 0. The first kappa shape index (κ1) is 25.2. The molecule has 0 aromatic heterocycles. The summed E-state index contributed by atoms with van der Waals surface area (Å²) in [5.74, 6) is 2.37. The minimum Gasteiger partial charge on any atom is -0.387 e. The second-order valence-electron chi connectivity index (χ2n) is 8.31. The lowest BCUT2D eigenvalue weighted by Crippen LogP contribution is -2.22. The topological polar surface area (TPSA) is 49.9 Å². The summed E-state index contributed by atoms with van der Waals surface area (Å²) in [6.07, 6.45) is 22.6. The van der Waals surface area contributed by atoms with E-state index >= 15 is 0 Å². The Morgan fingerprint density at radius 1 is 0.846 bits per heavy atom. The number of hydrogen-bond acceptors (Lipinski definition) is 1. The van der Waals surface area contributed by atoms with Gasteiger partial charge in [-0.05, 0) is 44.4 Å². The molecule has 0 radical (unpaired) electrons. The molecule has 2 nitrogen and oxygen atoms in total. The largest absolute Gasteiger partial charge is 0.387 e.